The van der Waals surface area contributed by atoms with Gasteiger partial charge in [0.1, 0.15) is 0 Å². The summed E-state index contributed by atoms with van der Waals surface area (Å²) in [6.45, 7) is 8.08. The molecule has 0 aliphatic carbocycles. The molecule has 1 aliphatic heterocycles. The lowest BCUT2D eigenvalue weighted by atomic mass is 10.2. The first-order valence-corrected chi connectivity index (χ1v) is 6.71. The Bertz CT molecular complexity index is 278. The Hall–Kier alpha value is -0.840. The molecule has 2 heterocycles. The van der Waals surface area contributed by atoms with E-state index < -0.39 is 0 Å². The van der Waals surface area contributed by atoms with Crippen LogP contribution in [0.4, 0.5) is 0 Å². The lowest BCUT2D eigenvalue weighted by molar-refractivity contribution is 0.236. The molecule has 2 rings (SSSR count). The molecule has 96 valence electrons. The molecule has 1 aliphatic rings. The number of aromatic amines is 1. The number of H-pyrrole nitrogens is 1. The van der Waals surface area contributed by atoms with Gasteiger partial charge in [0.25, 0.3) is 0 Å². The van der Waals surface area contributed by atoms with Gasteiger partial charge in [-0.05, 0) is 38.1 Å². The zero-order valence-corrected chi connectivity index (χ0v) is 10.5. The van der Waals surface area contributed by atoms with Crippen LogP contribution in [0.1, 0.15) is 18.5 Å². The van der Waals surface area contributed by atoms with Crippen molar-refractivity contribution in [3.8, 4) is 0 Å². The summed E-state index contributed by atoms with van der Waals surface area (Å²) in [7, 11) is 0. The Labute approximate surface area is 104 Å². The van der Waals surface area contributed by atoms with Crippen molar-refractivity contribution in [1.29, 1.82) is 0 Å². The van der Waals surface area contributed by atoms with Gasteiger partial charge in [0, 0.05) is 44.6 Å². The molecule has 0 amide bonds. The van der Waals surface area contributed by atoms with Crippen LogP contribution in [-0.4, -0.2) is 49.2 Å². The molecule has 3 N–H and O–H groups in total. The van der Waals surface area contributed by atoms with E-state index >= 15 is 0 Å². The van der Waals surface area contributed by atoms with Crippen molar-refractivity contribution in [2.75, 3.05) is 39.3 Å². The van der Waals surface area contributed by atoms with E-state index in [-0.39, 0.29) is 0 Å². The Morgan fingerprint density at radius 3 is 2.88 bits per heavy atom. The van der Waals surface area contributed by atoms with Crippen LogP contribution >= 0.6 is 0 Å². The summed E-state index contributed by atoms with van der Waals surface area (Å²) in [5.41, 5.74) is 1.27. The van der Waals surface area contributed by atoms with E-state index in [4.69, 9.17) is 0 Å². The third-order valence-corrected chi connectivity index (χ3v) is 3.27. The molecule has 1 aromatic heterocycles. The zero-order chi connectivity index (χ0) is 11.8. The molecule has 0 spiro atoms. The molecule has 0 aromatic carbocycles. The van der Waals surface area contributed by atoms with Gasteiger partial charge in [-0.15, -0.1) is 0 Å². The van der Waals surface area contributed by atoms with Crippen molar-refractivity contribution < 1.29 is 0 Å². The summed E-state index contributed by atoms with van der Waals surface area (Å²) >= 11 is 0. The molecular formula is C13H24N4. The first kappa shape index (κ1) is 12.6. The second-order valence-corrected chi connectivity index (χ2v) is 4.67. The van der Waals surface area contributed by atoms with Crippen molar-refractivity contribution in [2.45, 2.75) is 19.4 Å². The number of nitrogens with zero attached hydrogens (tertiary/aromatic N) is 1. The predicted octanol–water partition coefficient (Wildman–Crippen LogP) is 0.790. The van der Waals surface area contributed by atoms with Crippen molar-refractivity contribution in [1.82, 2.24) is 20.5 Å². The highest BCUT2D eigenvalue weighted by Gasteiger charge is 2.07. The summed E-state index contributed by atoms with van der Waals surface area (Å²) in [5, 5.41) is 6.85. The molecule has 0 radical (unpaired) electrons. The maximum atomic E-state index is 3.46. The van der Waals surface area contributed by atoms with Gasteiger partial charge in [0.2, 0.25) is 0 Å². The molecular weight excluding hydrogens is 212 g/mol. The number of unbranched alkanes of at least 4 members (excludes halogenated alkanes) is 1. The van der Waals surface area contributed by atoms with Crippen LogP contribution in [0.5, 0.6) is 0 Å². The number of aromatic nitrogens is 1. The Balaban J connectivity index is 1.43. The molecule has 0 atom stereocenters. The highest BCUT2D eigenvalue weighted by Crippen LogP contribution is 1.97. The highest BCUT2D eigenvalue weighted by atomic mass is 15.2. The SMILES string of the molecule is c1c[nH]c(CNCCCCN2CCNCC2)c1. The van der Waals surface area contributed by atoms with Crippen molar-refractivity contribution in [2.24, 2.45) is 0 Å². The van der Waals surface area contributed by atoms with Gasteiger partial charge in [-0.2, -0.15) is 0 Å². The van der Waals surface area contributed by atoms with E-state index in [0.29, 0.717) is 0 Å². The fourth-order valence-corrected chi connectivity index (χ4v) is 2.22. The van der Waals surface area contributed by atoms with E-state index in [1.165, 1.54) is 38.2 Å². The van der Waals surface area contributed by atoms with Gasteiger partial charge < -0.3 is 20.5 Å². The maximum Gasteiger partial charge on any atom is 0.0357 e. The minimum Gasteiger partial charge on any atom is -0.364 e. The van der Waals surface area contributed by atoms with E-state index in [1.807, 2.05) is 12.3 Å². The largest absolute Gasteiger partial charge is 0.364 e. The fourth-order valence-electron chi connectivity index (χ4n) is 2.22. The number of piperazine rings is 1. The molecule has 0 bridgehead atoms. The van der Waals surface area contributed by atoms with Crippen LogP contribution in [0.15, 0.2) is 18.3 Å². The van der Waals surface area contributed by atoms with Gasteiger partial charge in [0.05, 0.1) is 0 Å². The summed E-state index contributed by atoms with van der Waals surface area (Å²) in [6.07, 6.45) is 4.55. The Morgan fingerprint density at radius 2 is 2.12 bits per heavy atom. The van der Waals surface area contributed by atoms with Crippen LogP contribution in [0.25, 0.3) is 0 Å². The van der Waals surface area contributed by atoms with E-state index in [2.05, 4.69) is 26.6 Å². The van der Waals surface area contributed by atoms with Crippen LogP contribution in [0.3, 0.4) is 0 Å². The Morgan fingerprint density at radius 1 is 1.24 bits per heavy atom. The fraction of sp³-hybridized carbons (Fsp3) is 0.692. The van der Waals surface area contributed by atoms with E-state index in [9.17, 15) is 0 Å². The third kappa shape index (κ3) is 4.89. The van der Waals surface area contributed by atoms with E-state index in [0.717, 1.165) is 26.2 Å². The second-order valence-electron chi connectivity index (χ2n) is 4.67. The van der Waals surface area contributed by atoms with Crippen molar-refractivity contribution in [3.05, 3.63) is 24.0 Å². The molecule has 4 heteroatoms. The molecule has 17 heavy (non-hydrogen) atoms. The predicted molar refractivity (Wildman–Crippen MR) is 71.0 cm³/mol. The molecule has 4 nitrogen and oxygen atoms in total. The van der Waals surface area contributed by atoms with Crippen LogP contribution in [0, 0.1) is 0 Å². The number of rotatable bonds is 7. The lowest BCUT2D eigenvalue weighted by Gasteiger charge is -2.27. The lowest BCUT2D eigenvalue weighted by Crippen LogP contribution is -2.43. The molecule has 1 fully saturated rings. The van der Waals surface area contributed by atoms with Crippen LogP contribution < -0.4 is 10.6 Å². The Kier molecular flexibility index (Phi) is 5.55. The second kappa shape index (κ2) is 7.48. The van der Waals surface area contributed by atoms with Gasteiger partial charge >= 0.3 is 0 Å². The van der Waals surface area contributed by atoms with Gasteiger partial charge in [-0.1, -0.05) is 0 Å². The van der Waals surface area contributed by atoms with Gasteiger partial charge in [-0.25, -0.2) is 0 Å². The van der Waals surface area contributed by atoms with Crippen molar-refractivity contribution >= 4 is 0 Å². The quantitative estimate of drug-likeness (QED) is 0.613. The smallest absolute Gasteiger partial charge is 0.0357 e. The van der Waals surface area contributed by atoms with Crippen molar-refractivity contribution in [3.63, 3.8) is 0 Å². The van der Waals surface area contributed by atoms with Crippen LogP contribution in [-0.2, 0) is 6.54 Å². The molecule has 0 unspecified atom stereocenters. The maximum absolute atomic E-state index is 3.46. The zero-order valence-electron chi connectivity index (χ0n) is 10.5. The average molecular weight is 236 g/mol. The summed E-state index contributed by atoms with van der Waals surface area (Å²) < 4.78 is 0. The van der Waals surface area contributed by atoms with Crippen LogP contribution in [0.2, 0.25) is 0 Å². The molecule has 1 aromatic rings. The van der Waals surface area contributed by atoms with Gasteiger partial charge in [0.15, 0.2) is 0 Å². The molecule has 0 saturated carbocycles. The number of hydrogen-bond donors (Lipinski definition) is 3. The average Bonchev–Trinajstić information content (AvgIpc) is 2.88. The highest BCUT2D eigenvalue weighted by molar-refractivity contribution is 5.02. The summed E-state index contributed by atoms with van der Waals surface area (Å²) in [4.78, 5) is 5.76. The standard InChI is InChI=1S/C13H24N4/c1(2-9-17-10-7-14-8-11-17)5-15-12-13-4-3-6-16-13/h3-4,6,14-16H,1-2,5,7-12H2. The first-order valence-electron chi connectivity index (χ1n) is 6.71. The minimum atomic E-state index is 0.959. The minimum absolute atomic E-state index is 0.959. The number of nitrogens with one attached hydrogen (secondary N) is 3. The van der Waals surface area contributed by atoms with Gasteiger partial charge in [-0.3, -0.25) is 0 Å². The monoisotopic (exact) mass is 236 g/mol. The summed E-state index contributed by atoms with van der Waals surface area (Å²) in [5.74, 6) is 0. The normalized spacial score (nSPS) is 17.4. The van der Waals surface area contributed by atoms with E-state index in [1.54, 1.807) is 0 Å². The third-order valence-electron chi connectivity index (χ3n) is 3.27. The summed E-state index contributed by atoms with van der Waals surface area (Å²) in [6, 6.07) is 4.16. The number of hydrogen-bond acceptors (Lipinski definition) is 3. The topological polar surface area (TPSA) is 43.1 Å². The molecule has 1 saturated heterocycles. The first-order chi connectivity index (χ1) is 8.45.